The number of thiophene rings is 1. The lowest BCUT2D eigenvalue weighted by Crippen LogP contribution is -2.18. The largest absolute Gasteiger partial charge is 0.479 e. The van der Waals surface area contributed by atoms with Gasteiger partial charge in [-0.3, -0.25) is 0 Å². The van der Waals surface area contributed by atoms with Crippen LogP contribution in [0.1, 0.15) is 29.0 Å². The minimum atomic E-state index is -3.72. The third-order valence-electron chi connectivity index (χ3n) is 4.84. The van der Waals surface area contributed by atoms with Crippen LogP contribution >= 0.6 is 27.3 Å². The highest BCUT2D eigenvalue weighted by Gasteiger charge is 2.33. The maximum absolute atomic E-state index is 12.7. The molecule has 1 aliphatic heterocycles. The van der Waals surface area contributed by atoms with Gasteiger partial charge in [-0.25, -0.2) is 22.0 Å². The molecule has 0 bridgehead atoms. The van der Waals surface area contributed by atoms with Crippen LogP contribution in [0.2, 0.25) is 0 Å². The van der Waals surface area contributed by atoms with Crippen molar-refractivity contribution in [3.05, 3.63) is 68.3 Å². The molecule has 0 aliphatic carbocycles. The quantitative estimate of drug-likeness (QED) is 0.534. The van der Waals surface area contributed by atoms with E-state index in [0.717, 1.165) is 8.66 Å². The third-order valence-corrected chi connectivity index (χ3v) is 9.01. The van der Waals surface area contributed by atoms with Gasteiger partial charge < -0.3 is 4.74 Å². The van der Waals surface area contributed by atoms with E-state index in [-0.39, 0.29) is 16.4 Å². The van der Waals surface area contributed by atoms with Crippen LogP contribution in [0.4, 0.5) is 0 Å². The molecule has 10 heteroatoms. The topological polar surface area (TPSA) is 104 Å². The first-order valence-electron chi connectivity index (χ1n) is 9.00. The molecule has 3 aromatic rings. The van der Waals surface area contributed by atoms with Crippen LogP contribution in [-0.2, 0) is 25.6 Å². The molecule has 2 heterocycles. The maximum Gasteiger partial charge on any atom is 0.213 e. The van der Waals surface area contributed by atoms with Crippen LogP contribution in [0, 0.1) is 0 Å². The zero-order valence-corrected chi connectivity index (χ0v) is 19.9. The highest BCUT2D eigenvalue weighted by atomic mass is 79.9. The summed E-state index contributed by atoms with van der Waals surface area (Å²) in [7, 11) is -7.22. The summed E-state index contributed by atoms with van der Waals surface area (Å²) < 4.78 is 55.9. The van der Waals surface area contributed by atoms with Gasteiger partial charge in [-0.2, -0.15) is 0 Å². The molecule has 6 nitrogen and oxygen atoms in total. The lowest BCUT2D eigenvalue weighted by Gasteiger charge is -2.30. The van der Waals surface area contributed by atoms with Crippen molar-refractivity contribution in [2.24, 2.45) is 5.14 Å². The molecule has 0 fully saturated rings. The van der Waals surface area contributed by atoms with Crippen LogP contribution in [0.5, 0.6) is 5.75 Å². The monoisotopic (exact) mass is 527 g/mol. The molecule has 0 radical (unpaired) electrons. The molecule has 1 unspecified atom stereocenters. The number of fused-ring (bicyclic) bond motifs is 3. The molecular weight excluding hydrogens is 510 g/mol. The van der Waals surface area contributed by atoms with Crippen molar-refractivity contribution in [3.8, 4) is 16.9 Å². The first kappa shape index (κ1) is 21.5. The fourth-order valence-corrected chi connectivity index (χ4v) is 6.77. The highest BCUT2D eigenvalue weighted by molar-refractivity contribution is 9.11. The van der Waals surface area contributed by atoms with E-state index < -0.39 is 26.0 Å². The van der Waals surface area contributed by atoms with Gasteiger partial charge in [-0.15, -0.1) is 11.3 Å². The molecular formula is C20H18BrNO5S3. The number of halogens is 1. The lowest BCUT2D eigenvalue weighted by molar-refractivity contribution is 0.246. The predicted octanol–water partition coefficient (Wildman–Crippen LogP) is 4.24. The van der Waals surface area contributed by atoms with E-state index in [1.165, 1.54) is 11.3 Å². The number of rotatable bonds is 5. The number of benzene rings is 2. The van der Waals surface area contributed by atoms with Gasteiger partial charge in [0.05, 0.1) is 25.1 Å². The molecule has 1 atom stereocenters. The Morgan fingerprint density at radius 2 is 1.87 bits per heavy atom. The summed E-state index contributed by atoms with van der Waals surface area (Å²) in [5, 5.41) is 5.23. The van der Waals surface area contributed by atoms with Crippen LogP contribution in [-0.4, -0.2) is 22.6 Å². The SMILES string of the molecule is CCS(=O)(=O)c1cccc2c1-c1ccc(CS(N)(=O)=O)cc1C(c1ccc(Br)s1)O2. The Kier molecular flexibility index (Phi) is 5.56. The second-order valence-corrected chi connectivity index (χ2v) is 13.3. The van der Waals surface area contributed by atoms with Gasteiger partial charge in [-0.05, 0) is 51.3 Å². The molecule has 158 valence electrons. The van der Waals surface area contributed by atoms with Gasteiger partial charge in [0, 0.05) is 11.1 Å². The summed E-state index contributed by atoms with van der Waals surface area (Å²) in [5.41, 5.74) is 2.43. The summed E-state index contributed by atoms with van der Waals surface area (Å²) in [5.74, 6) is 0.123. The molecule has 0 saturated carbocycles. The van der Waals surface area contributed by atoms with Gasteiger partial charge in [0.25, 0.3) is 0 Å². The van der Waals surface area contributed by atoms with Gasteiger partial charge in [-0.1, -0.05) is 31.2 Å². The maximum atomic E-state index is 12.7. The normalized spacial score (nSPS) is 15.9. The number of primary sulfonamides is 1. The predicted molar refractivity (Wildman–Crippen MR) is 121 cm³/mol. The Morgan fingerprint density at radius 1 is 1.10 bits per heavy atom. The number of ether oxygens (including phenoxy) is 1. The first-order chi connectivity index (χ1) is 14.1. The third kappa shape index (κ3) is 4.06. The Morgan fingerprint density at radius 3 is 2.50 bits per heavy atom. The van der Waals surface area contributed by atoms with Crippen molar-refractivity contribution in [1.29, 1.82) is 0 Å². The Hall–Kier alpha value is -1.72. The van der Waals surface area contributed by atoms with Crippen LogP contribution < -0.4 is 9.88 Å². The van der Waals surface area contributed by atoms with Crippen molar-refractivity contribution in [1.82, 2.24) is 0 Å². The van der Waals surface area contributed by atoms with Crippen molar-refractivity contribution in [3.63, 3.8) is 0 Å². The molecule has 2 N–H and O–H groups in total. The molecule has 0 spiro atoms. The lowest BCUT2D eigenvalue weighted by atomic mass is 9.91. The standard InChI is InChI=1S/C20H18BrNO5S3/c1-2-29(23,24)17-5-3-4-15-19(17)13-7-6-12(11-30(22,25)26)10-14(13)20(27-15)16-8-9-18(21)28-16/h3-10,20H,2,11H2,1H3,(H2,22,25,26). The summed E-state index contributed by atoms with van der Waals surface area (Å²) >= 11 is 4.96. The number of hydrogen-bond donors (Lipinski definition) is 1. The molecule has 0 saturated heterocycles. The fourth-order valence-electron chi connectivity index (χ4n) is 3.54. The van der Waals surface area contributed by atoms with E-state index in [1.807, 2.05) is 12.1 Å². The average molecular weight is 528 g/mol. The smallest absolute Gasteiger partial charge is 0.213 e. The Balaban J connectivity index is 1.98. The molecule has 2 aromatic carbocycles. The van der Waals surface area contributed by atoms with Crippen molar-refractivity contribution in [2.75, 3.05) is 5.75 Å². The number of nitrogens with two attached hydrogens (primary N) is 1. The van der Waals surface area contributed by atoms with Crippen molar-refractivity contribution < 1.29 is 21.6 Å². The fraction of sp³-hybridized carbons (Fsp3) is 0.200. The van der Waals surface area contributed by atoms with E-state index >= 15 is 0 Å². The molecule has 30 heavy (non-hydrogen) atoms. The summed E-state index contributed by atoms with van der Waals surface area (Å²) in [6.07, 6.45) is -0.496. The van der Waals surface area contributed by atoms with E-state index in [2.05, 4.69) is 15.9 Å². The molecule has 4 rings (SSSR count). The summed E-state index contributed by atoms with van der Waals surface area (Å²) in [6, 6.07) is 14.0. The second kappa shape index (κ2) is 7.76. The molecule has 0 amide bonds. The highest BCUT2D eigenvalue weighted by Crippen LogP contribution is 2.49. The zero-order chi connectivity index (χ0) is 21.7. The summed E-state index contributed by atoms with van der Waals surface area (Å²) in [4.78, 5) is 1.11. The van der Waals surface area contributed by atoms with Crippen LogP contribution in [0.25, 0.3) is 11.1 Å². The minimum absolute atomic E-state index is 0.0381. The van der Waals surface area contributed by atoms with E-state index in [4.69, 9.17) is 9.88 Å². The minimum Gasteiger partial charge on any atom is -0.479 e. The zero-order valence-electron chi connectivity index (χ0n) is 15.8. The Bertz CT molecular complexity index is 1350. The molecule has 1 aromatic heterocycles. The van der Waals surface area contributed by atoms with Crippen molar-refractivity contribution >= 4 is 47.1 Å². The average Bonchev–Trinajstić information content (AvgIpc) is 3.11. The van der Waals surface area contributed by atoms with E-state index in [9.17, 15) is 16.8 Å². The van der Waals surface area contributed by atoms with Crippen LogP contribution in [0.15, 0.2) is 57.2 Å². The van der Waals surface area contributed by atoms with E-state index in [1.54, 1.807) is 43.3 Å². The van der Waals surface area contributed by atoms with Crippen molar-refractivity contribution in [2.45, 2.75) is 23.7 Å². The van der Waals surface area contributed by atoms with Gasteiger partial charge >= 0.3 is 0 Å². The second-order valence-electron chi connectivity index (χ2n) is 6.90. The number of sulfonamides is 1. The van der Waals surface area contributed by atoms with Crippen LogP contribution in [0.3, 0.4) is 0 Å². The Labute approximate surface area is 187 Å². The molecule has 1 aliphatic rings. The first-order valence-corrected chi connectivity index (χ1v) is 14.0. The van der Waals surface area contributed by atoms with E-state index in [0.29, 0.717) is 28.0 Å². The van der Waals surface area contributed by atoms with Gasteiger partial charge in [0.2, 0.25) is 10.0 Å². The van der Waals surface area contributed by atoms with Gasteiger partial charge in [0.15, 0.2) is 15.9 Å². The van der Waals surface area contributed by atoms with Gasteiger partial charge in [0.1, 0.15) is 5.75 Å². The summed E-state index contributed by atoms with van der Waals surface area (Å²) in [6.45, 7) is 1.60. The number of sulfone groups is 1. The number of hydrogen-bond acceptors (Lipinski definition) is 6.